The Balaban J connectivity index is 1.66. The molecule has 0 amide bonds. The van der Waals surface area contributed by atoms with Crippen molar-refractivity contribution >= 4 is 0 Å². The molecule has 3 saturated carbocycles. The van der Waals surface area contributed by atoms with Gasteiger partial charge in [0.2, 0.25) is 0 Å². The maximum Gasteiger partial charge on any atom is -0.0326 e. The summed E-state index contributed by atoms with van der Waals surface area (Å²) in [6.45, 7) is 2.34. The van der Waals surface area contributed by atoms with E-state index in [2.05, 4.69) is 6.92 Å². The Hall–Kier alpha value is 0. The van der Waals surface area contributed by atoms with Crippen molar-refractivity contribution in [1.29, 1.82) is 0 Å². The van der Waals surface area contributed by atoms with Crippen molar-refractivity contribution in [2.75, 3.05) is 0 Å². The number of fused-ring (bicyclic) bond motifs is 3. The van der Waals surface area contributed by atoms with Gasteiger partial charge < -0.3 is 0 Å². The van der Waals surface area contributed by atoms with Crippen molar-refractivity contribution in [2.45, 2.75) is 39.0 Å². The van der Waals surface area contributed by atoms with E-state index in [4.69, 9.17) is 0 Å². The Morgan fingerprint density at radius 3 is 2.73 bits per heavy atom. The van der Waals surface area contributed by atoms with Crippen molar-refractivity contribution in [3.63, 3.8) is 0 Å². The van der Waals surface area contributed by atoms with Gasteiger partial charge in [-0.25, -0.2) is 0 Å². The van der Waals surface area contributed by atoms with Crippen LogP contribution in [-0.2, 0) is 0 Å². The minimum Gasteiger partial charge on any atom is -0.0654 e. The normalized spacial score (nSPS) is 58.1. The Bertz CT molecular complexity index is 171. The molecule has 3 fully saturated rings. The maximum atomic E-state index is 2.34. The lowest BCUT2D eigenvalue weighted by atomic mass is 9.63. The second-order valence-corrected chi connectivity index (χ2v) is 5.02. The Labute approximate surface area is 69.4 Å². The molecular formula is C11H18. The van der Waals surface area contributed by atoms with Gasteiger partial charge in [-0.3, -0.25) is 0 Å². The van der Waals surface area contributed by atoms with Gasteiger partial charge in [-0.05, 0) is 48.9 Å². The fourth-order valence-electron chi connectivity index (χ4n) is 3.93. The molecule has 3 aliphatic rings. The summed E-state index contributed by atoms with van der Waals surface area (Å²) in [7, 11) is 0. The zero-order valence-corrected chi connectivity index (χ0v) is 7.42. The first kappa shape index (κ1) is 6.51. The van der Waals surface area contributed by atoms with Crippen LogP contribution in [0.25, 0.3) is 0 Å². The molecule has 5 unspecified atom stereocenters. The van der Waals surface area contributed by atoms with Gasteiger partial charge in [-0.2, -0.15) is 0 Å². The summed E-state index contributed by atoms with van der Waals surface area (Å²) < 4.78 is 0. The van der Waals surface area contributed by atoms with E-state index in [1.807, 2.05) is 0 Å². The van der Waals surface area contributed by atoms with Crippen LogP contribution in [0.1, 0.15) is 39.0 Å². The van der Waals surface area contributed by atoms with E-state index in [0.717, 1.165) is 0 Å². The molecule has 0 saturated heterocycles. The predicted octanol–water partition coefficient (Wildman–Crippen LogP) is 3.08. The van der Waals surface area contributed by atoms with Crippen molar-refractivity contribution in [3.05, 3.63) is 0 Å². The molecule has 0 spiro atoms. The summed E-state index contributed by atoms with van der Waals surface area (Å²) in [5.41, 5.74) is 0. The highest BCUT2D eigenvalue weighted by atomic mass is 14.6. The Morgan fingerprint density at radius 2 is 2.00 bits per heavy atom. The third-order valence-corrected chi connectivity index (χ3v) is 4.43. The summed E-state index contributed by atoms with van der Waals surface area (Å²) >= 11 is 0. The van der Waals surface area contributed by atoms with Crippen LogP contribution in [0, 0.1) is 29.6 Å². The van der Waals surface area contributed by atoms with Gasteiger partial charge in [-0.15, -0.1) is 0 Å². The molecule has 0 radical (unpaired) electrons. The summed E-state index contributed by atoms with van der Waals surface area (Å²) in [4.78, 5) is 0. The van der Waals surface area contributed by atoms with Gasteiger partial charge in [0.15, 0.2) is 0 Å². The van der Waals surface area contributed by atoms with Crippen LogP contribution in [0.4, 0.5) is 0 Å². The van der Waals surface area contributed by atoms with E-state index in [-0.39, 0.29) is 0 Å². The SMILES string of the molecule is CCCC1CC2CC3CC3C12. The zero-order valence-electron chi connectivity index (χ0n) is 7.42. The highest BCUT2D eigenvalue weighted by Gasteiger charge is 2.60. The van der Waals surface area contributed by atoms with E-state index in [1.165, 1.54) is 42.4 Å². The quantitative estimate of drug-likeness (QED) is 0.567. The molecule has 0 aromatic carbocycles. The highest BCUT2D eigenvalue weighted by molar-refractivity contribution is 5.09. The highest BCUT2D eigenvalue weighted by Crippen LogP contribution is 2.68. The Morgan fingerprint density at radius 1 is 1.09 bits per heavy atom. The fourth-order valence-corrected chi connectivity index (χ4v) is 3.93. The molecule has 11 heavy (non-hydrogen) atoms. The second-order valence-electron chi connectivity index (χ2n) is 5.02. The van der Waals surface area contributed by atoms with Crippen molar-refractivity contribution in [3.8, 4) is 0 Å². The molecular weight excluding hydrogens is 132 g/mol. The summed E-state index contributed by atoms with van der Waals surface area (Å²) in [5.74, 6) is 6.04. The predicted molar refractivity (Wildman–Crippen MR) is 46.2 cm³/mol. The third-order valence-electron chi connectivity index (χ3n) is 4.43. The van der Waals surface area contributed by atoms with E-state index in [1.54, 1.807) is 19.3 Å². The van der Waals surface area contributed by atoms with Crippen LogP contribution in [0.2, 0.25) is 0 Å². The topological polar surface area (TPSA) is 0 Å². The molecule has 3 rings (SSSR count). The number of hydrogen-bond acceptors (Lipinski definition) is 0. The van der Waals surface area contributed by atoms with Crippen molar-refractivity contribution in [2.24, 2.45) is 29.6 Å². The largest absolute Gasteiger partial charge is 0.0654 e. The lowest BCUT2D eigenvalue weighted by Gasteiger charge is -2.42. The van der Waals surface area contributed by atoms with Gasteiger partial charge in [0.05, 0.1) is 0 Å². The lowest BCUT2D eigenvalue weighted by molar-refractivity contribution is 0.0685. The first-order valence-electron chi connectivity index (χ1n) is 5.40. The van der Waals surface area contributed by atoms with Crippen LogP contribution in [0.5, 0.6) is 0 Å². The van der Waals surface area contributed by atoms with Crippen LogP contribution in [0.3, 0.4) is 0 Å². The molecule has 0 N–H and O–H groups in total. The van der Waals surface area contributed by atoms with Gasteiger partial charge in [0, 0.05) is 0 Å². The van der Waals surface area contributed by atoms with E-state index in [9.17, 15) is 0 Å². The first-order chi connectivity index (χ1) is 5.40. The summed E-state index contributed by atoms with van der Waals surface area (Å²) in [6.07, 6.45) is 7.79. The van der Waals surface area contributed by atoms with Crippen LogP contribution >= 0.6 is 0 Å². The molecule has 0 heteroatoms. The van der Waals surface area contributed by atoms with Crippen molar-refractivity contribution < 1.29 is 0 Å². The monoisotopic (exact) mass is 150 g/mol. The van der Waals surface area contributed by atoms with E-state index >= 15 is 0 Å². The average Bonchev–Trinajstić information content (AvgIpc) is 2.61. The van der Waals surface area contributed by atoms with Crippen LogP contribution < -0.4 is 0 Å². The number of rotatable bonds is 2. The standard InChI is InChI=1S/C11H18/c1-2-3-7-4-9-5-8-6-10(8)11(7)9/h7-11H,2-6H2,1H3. The smallest absolute Gasteiger partial charge is 0.0326 e. The zero-order chi connectivity index (χ0) is 7.42. The van der Waals surface area contributed by atoms with Crippen molar-refractivity contribution in [1.82, 2.24) is 0 Å². The summed E-state index contributed by atoms with van der Waals surface area (Å²) in [6, 6.07) is 0. The molecule has 62 valence electrons. The first-order valence-corrected chi connectivity index (χ1v) is 5.40. The second kappa shape index (κ2) is 2.02. The van der Waals surface area contributed by atoms with Crippen LogP contribution in [0.15, 0.2) is 0 Å². The molecule has 0 aliphatic heterocycles. The number of hydrogen-bond donors (Lipinski definition) is 0. The molecule has 0 aromatic rings. The average molecular weight is 150 g/mol. The van der Waals surface area contributed by atoms with Gasteiger partial charge in [0.1, 0.15) is 0 Å². The fraction of sp³-hybridized carbons (Fsp3) is 1.00. The van der Waals surface area contributed by atoms with E-state index in [0.29, 0.717) is 0 Å². The molecule has 5 atom stereocenters. The summed E-state index contributed by atoms with van der Waals surface area (Å²) in [5, 5.41) is 0. The molecule has 0 nitrogen and oxygen atoms in total. The maximum absolute atomic E-state index is 2.34. The van der Waals surface area contributed by atoms with Crippen LogP contribution in [-0.4, -0.2) is 0 Å². The molecule has 0 aromatic heterocycles. The molecule has 0 heterocycles. The van der Waals surface area contributed by atoms with E-state index < -0.39 is 0 Å². The van der Waals surface area contributed by atoms with Gasteiger partial charge in [-0.1, -0.05) is 19.8 Å². The Kier molecular flexibility index (Phi) is 1.20. The minimum absolute atomic E-state index is 1.17. The van der Waals surface area contributed by atoms with Gasteiger partial charge >= 0.3 is 0 Å². The molecule has 0 bridgehead atoms. The minimum atomic E-state index is 1.17. The third kappa shape index (κ3) is 0.761. The van der Waals surface area contributed by atoms with Gasteiger partial charge in [0.25, 0.3) is 0 Å². The lowest BCUT2D eigenvalue weighted by Crippen LogP contribution is -2.34. The molecule has 3 aliphatic carbocycles.